The van der Waals surface area contributed by atoms with E-state index in [-0.39, 0.29) is 11.7 Å². The molecule has 1 aromatic carbocycles. The lowest BCUT2D eigenvalue weighted by Crippen LogP contribution is -2.28. The average molecular weight is 307 g/mol. The van der Waals surface area contributed by atoms with Gasteiger partial charge in [-0.25, -0.2) is 0 Å². The molecule has 92 valence electrons. The molecule has 2 aromatic rings. The lowest BCUT2D eigenvalue weighted by molar-refractivity contribution is 0.0825. The predicted octanol–water partition coefficient (Wildman–Crippen LogP) is 3.48. The Morgan fingerprint density at radius 1 is 1.28 bits per heavy atom. The zero-order valence-electron chi connectivity index (χ0n) is 9.56. The van der Waals surface area contributed by atoms with Gasteiger partial charge in [0.05, 0.1) is 23.3 Å². The summed E-state index contributed by atoms with van der Waals surface area (Å²) < 4.78 is 11.5. The summed E-state index contributed by atoms with van der Waals surface area (Å²) in [6.45, 7) is 0.406. The third-order valence-corrected chi connectivity index (χ3v) is 3.72. The van der Waals surface area contributed by atoms with E-state index in [9.17, 15) is 4.79 Å². The summed E-state index contributed by atoms with van der Waals surface area (Å²) in [5.74, 6) is 1.06. The van der Waals surface area contributed by atoms with Gasteiger partial charge in [0.15, 0.2) is 5.76 Å². The van der Waals surface area contributed by atoms with Gasteiger partial charge < -0.3 is 9.15 Å². The molecule has 0 bridgehead atoms. The first-order chi connectivity index (χ1) is 8.75. The number of hydrogen-bond donors (Lipinski definition) is 0. The fraction of sp³-hybridized carbons (Fsp3) is 0.214. The Labute approximate surface area is 113 Å². The predicted molar refractivity (Wildman–Crippen MR) is 69.9 cm³/mol. The van der Waals surface area contributed by atoms with Crippen molar-refractivity contribution in [2.24, 2.45) is 5.92 Å². The van der Waals surface area contributed by atoms with Gasteiger partial charge in [0.25, 0.3) is 0 Å². The van der Waals surface area contributed by atoms with Crippen LogP contribution < -0.4 is 4.74 Å². The van der Waals surface area contributed by atoms with Gasteiger partial charge in [-0.05, 0) is 40.0 Å². The van der Waals surface area contributed by atoms with Crippen LogP contribution in [0.4, 0.5) is 0 Å². The third-order valence-electron chi connectivity index (χ3n) is 3.09. The summed E-state index contributed by atoms with van der Waals surface area (Å²) in [5, 5.41) is 0. The van der Waals surface area contributed by atoms with Crippen molar-refractivity contribution in [1.82, 2.24) is 0 Å². The monoisotopic (exact) mass is 306 g/mol. The molecule has 0 fully saturated rings. The second-order valence-corrected chi connectivity index (χ2v) is 5.14. The van der Waals surface area contributed by atoms with Crippen LogP contribution >= 0.6 is 15.9 Å². The number of ketones is 1. The Morgan fingerprint density at radius 2 is 2.11 bits per heavy atom. The number of Topliss-reactive ketones (excluding diaryl/α,β-unsaturated/α-hetero) is 1. The minimum atomic E-state index is -0.178. The Balaban J connectivity index is 1.84. The first kappa shape index (κ1) is 11.5. The molecule has 3 nitrogen and oxygen atoms in total. The summed E-state index contributed by atoms with van der Waals surface area (Å²) in [6, 6.07) is 9.54. The van der Waals surface area contributed by atoms with E-state index in [1.807, 2.05) is 24.3 Å². The van der Waals surface area contributed by atoms with Crippen molar-refractivity contribution in [1.29, 1.82) is 0 Å². The molecule has 0 saturated heterocycles. The van der Waals surface area contributed by atoms with Crippen molar-refractivity contribution in [3.63, 3.8) is 0 Å². The summed E-state index contributed by atoms with van der Waals surface area (Å²) in [4.78, 5) is 12.3. The van der Waals surface area contributed by atoms with E-state index in [4.69, 9.17) is 9.15 Å². The Kier molecular flexibility index (Phi) is 2.96. The van der Waals surface area contributed by atoms with Crippen molar-refractivity contribution in [2.75, 3.05) is 6.61 Å². The van der Waals surface area contributed by atoms with E-state index in [2.05, 4.69) is 15.9 Å². The molecule has 1 aliphatic rings. The molecule has 0 N–H and O–H groups in total. The van der Waals surface area contributed by atoms with Crippen LogP contribution in [-0.2, 0) is 6.42 Å². The highest BCUT2D eigenvalue weighted by Crippen LogP contribution is 2.30. The number of fused-ring (bicyclic) bond motifs is 1. The van der Waals surface area contributed by atoms with Crippen LogP contribution in [0.15, 0.2) is 45.5 Å². The number of ether oxygens (including phenoxy) is 1. The molecular formula is C14H11BrO3. The number of para-hydroxylation sites is 1. The second kappa shape index (κ2) is 4.61. The maximum absolute atomic E-state index is 12.3. The number of benzene rings is 1. The first-order valence-electron chi connectivity index (χ1n) is 5.73. The number of furan rings is 1. The van der Waals surface area contributed by atoms with Gasteiger partial charge in [-0.1, -0.05) is 18.2 Å². The molecule has 1 aliphatic heterocycles. The molecule has 3 rings (SSSR count). The molecule has 0 spiro atoms. The van der Waals surface area contributed by atoms with E-state index >= 15 is 0 Å². The summed E-state index contributed by atoms with van der Waals surface area (Å²) in [7, 11) is 0. The smallest absolute Gasteiger partial charge is 0.205 e. The number of carbonyl (C=O) groups is 1. The summed E-state index contributed by atoms with van der Waals surface area (Å²) in [5.41, 5.74) is 1.07. The van der Waals surface area contributed by atoms with Crippen LogP contribution in [-0.4, -0.2) is 12.4 Å². The first-order valence-corrected chi connectivity index (χ1v) is 6.53. The molecule has 1 aromatic heterocycles. The van der Waals surface area contributed by atoms with Crippen molar-refractivity contribution in [3.8, 4) is 5.75 Å². The van der Waals surface area contributed by atoms with Crippen LogP contribution in [0.3, 0.4) is 0 Å². The van der Waals surface area contributed by atoms with E-state index in [0.29, 0.717) is 23.3 Å². The highest BCUT2D eigenvalue weighted by Gasteiger charge is 2.29. The molecule has 0 saturated carbocycles. The van der Waals surface area contributed by atoms with Crippen molar-refractivity contribution in [3.05, 3.63) is 52.4 Å². The largest absolute Gasteiger partial charge is 0.493 e. The van der Waals surface area contributed by atoms with Gasteiger partial charge in [0.1, 0.15) is 5.75 Å². The van der Waals surface area contributed by atoms with Gasteiger partial charge in [-0.15, -0.1) is 0 Å². The van der Waals surface area contributed by atoms with Crippen molar-refractivity contribution < 1.29 is 13.9 Å². The van der Waals surface area contributed by atoms with E-state index in [1.165, 1.54) is 6.26 Å². The maximum atomic E-state index is 12.3. The zero-order chi connectivity index (χ0) is 12.5. The van der Waals surface area contributed by atoms with Gasteiger partial charge in [0.2, 0.25) is 5.78 Å². The van der Waals surface area contributed by atoms with E-state index < -0.39 is 0 Å². The van der Waals surface area contributed by atoms with Crippen LogP contribution in [0.5, 0.6) is 5.75 Å². The topological polar surface area (TPSA) is 39.4 Å². The third kappa shape index (κ3) is 1.97. The summed E-state index contributed by atoms with van der Waals surface area (Å²) in [6.07, 6.45) is 2.21. The highest BCUT2D eigenvalue weighted by atomic mass is 79.9. The molecular weight excluding hydrogens is 296 g/mol. The lowest BCUT2D eigenvalue weighted by Gasteiger charge is -2.23. The highest BCUT2D eigenvalue weighted by molar-refractivity contribution is 9.10. The molecule has 0 amide bonds. The van der Waals surface area contributed by atoms with Crippen LogP contribution in [0.2, 0.25) is 0 Å². The van der Waals surface area contributed by atoms with E-state index in [0.717, 1.165) is 11.3 Å². The Morgan fingerprint density at radius 3 is 2.89 bits per heavy atom. The normalized spacial score (nSPS) is 17.9. The standard InChI is InChI=1S/C14H11BrO3/c15-11-5-6-17-14(11)13(16)10-7-9-3-1-2-4-12(9)18-8-10/h1-6,10H,7-8H2. The van der Waals surface area contributed by atoms with Crippen LogP contribution in [0, 0.1) is 5.92 Å². The fourth-order valence-electron chi connectivity index (χ4n) is 2.15. The maximum Gasteiger partial charge on any atom is 0.205 e. The van der Waals surface area contributed by atoms with Gasteiger partial charge >= 0.3 is 0 Å². The Bertz CT molecular complexity index is 588. The zero-order valence-corrected chi connectivity index (χ0v) is 11.1. The summed E-state index contributed by atoms with van der Waals surface area (Å²) >= 11 is 3.31. The average Bonchev–Trinajstić information content (AvgIpc) is 2.83. The fourth-order valence-corrected chi connectivity index (χ4v) is 2.55. The van der Waals surface area contributed by atoms with Crippen LogP contribution in [0.1, 0.15) is 16.1 Å². The lowest BCUT2D eigenvalue weighted by atomic mass is 9.92. The van der Waals surface area contributed by atoms with Crippen molar-refractivity contribution >= 4 is 21.7 Å². The molecule has 18 heavy (non-hydrogen) atoms. The molecule has 1 atom stereocenters. The van der Waals surface area contributed by atoms with Crippen molar-refractivity contribution in [2.45, 2.75) is 6.42 Å². The molecule has 0 aliphatic carbocycles. The van der Waals surface area contributed by atoms with Crippen LogP contribution in [0.25, 0.3) is 0 Å². The molecule has 2 heterocycles. The van der Waals surface area contributed by atoms with Gasteiger partial charge in [-0.2, -0.15) is 0 Å². The Hall–Kier alpha value is -1.55. The second-order valence-electron chi connectivity index (χ2n) is 4.28. The number of rotatable bonds is 2. The number of halogens is 1. The minimum Gasteiger partial charge on any atom is -0.493 e. The number of hydrogen-bond acceptors (Lipinski definition) is 3. The van der Waals surface area contributed by atoms with Gasteiger partial charge in [0, 0.05) is 0 Å². The number of carbonyl (C=O) groups excluding carboxylic acids is 1. The molecule has 4 heteroatoms. The molecule has 0 radical (unpaired) electrons. The molecule has 1 unspecified atom stereocenters. The van der Waals surface area contributed by atoms with E-state index in [1.54, 1.807) is 6.07 Å². The quantitative estimate of drug-likeness (QED) is 0.798. The van der Waals surface area contributed by atoms with Gasteiger partial charge in [-0.3, -0.25) is 4.79 Å². The SMILES string of the molecule is O=C(c1occc1Br)C1COc2ccccc2C1. The minimum absolute atomic E-state index is 0.0126.